The van der Waals surface area contributed by atoms with E-state index in [4.69, 9.17) is 0 Å². The van der Waals surface area contributed by atoms with Crippen molar-refractivity contribution in [3.8, 4) is 0 Å². The van der Waals surface area contributed by atoms with Crippen LogP contribution in [0.2, 0.25) is 0 Å². The summed E-state index contributed by atoms with van der Waals surface area (Å²) in [7, 11) is 0. The number of nitrogens with one attached hydrogen (secondary N) is 2. The van der Waals surface area contributed by atoms with Gasteiger partial charge in [0.2, 0.25) is 0 Å². The zero-order valence-electron chi connectivity index (χ0n) is 10.0. The van der Waals surface area contributed by atoms with Crippen LogP contribution in [0.3, 0.4) is 0 Å². The molecule has 2 N–H and O–H groups in total. The fraction of sp³-hybridized carbons (Fsp3) is 0.750. The molecular weight excluding hydrogens is 205 g/mol. The third-order valence-corrected chi connectivity index (χ3v) is 3.50. The average Bonchev–Trinajstić information content (AvgIpc) is 2.58. The summed E-state index contributed by atoms with van der Waals surface area (Å²) in [5.74, 6) is 0. The van der Waals surface area contributed by atoms with E-state index in [-0.39, 0.29) is 6.04 Å². The molecule has 1 aliphatic rings. The molecule has 0 amide bonds. The fourth-order valence-corrected chi connectivity index (χ4v) is 2.38. The van der Waals surface area contributed by atoms with Crippen molar-refractivity contribution in [3.05, 3.63) is 17.0 Å². The number of aromatic nitrogens is 2. The Morgan fingerprint density at radius 2 is 2.12 bits per heavy atom. The molecule has 0 aromatic carbocycles. The maximum absolute atomic E-state index is 13.6. The van der Waals surface area contributed by atoms with Gasteiger partial charge in [0.25, 0.3) is 0 Å². The summed E-state index contributed by atoms with van der Waals surface area (Å²) in [5.41, 5.74) is 3.27. The van der Waals surface area contributed by atoms with Gasteiger partial charge in [-0.25, -0.2) is 4.39 Å². The highest BCUT2D eigenvalue weighted by atomic mass is 19.1. The Kier molecular flexibility index (Phi) is 3.59. The third-order valence-electron chi connectivity index (χ3n) is 3.50. The average molecular weight is 225 g/mol. The number of H-pyrrole nitrogens is 1. The molecule has 0 aliphatic heterocycles. The Morgan fingerprint density at radius 1 is 1.38 bits per heavy atom. The van der Waals surface area contributed by atoms with Crippen LogP contribution in [0, 0.1) is 13.8 Å². The van der Waals surface area contributed by atoms with E-state index in [0.717, 1.165) is 37.2 Å². The van der Waals surface area contributed by atoms with E-state index in [9.17, 15) is 4.39 Å². The number of halogens is 1. The standard InChI is InChI=1S/C12H20FN3/c1-8-10(9(2)16-15-8)7-14-12-6-4-3-5-11(12)13/h11-12,14H,3-7H2,1-2H3,(H,15,16)/t11-,12-/m1/s1. The third kappa shape index (κ3) is 2.43. The second kappa shape index (κ2) is 4.95. The maximum Gasteiger partial charge on any atom is 0.115 e. The van der Waals surface area contributed by atoms with Gasteiger partial charge in [-0.3, -0.25) is 5.10 Å². The van der Waals surface area contributed by atoms with Gasteiger partial charge >= 0.3 is 0 Å². The zero-order valence-corrected chi connectivity index (χ0v) is 10.0. The number of aromatic amines is 1. The summed E-state index contributed by atoms with van der Waals surface area (Å²) in [5, 5.41) is 10.4. The van der Waals surface area contributed by atoms with E-state index in [2.05, 4.69) is 15.5 Å². The van der Waals surface area contributed by atoms with Crippen molar-refractivity contribution in [1.29, 1.82) is 0 Å². The molecule has 0 saturated heterocycles. The number of hydrogen-bond acceptors (Lipinski definition) is 2. The SMILES string of the molecule is Cc1n[nH]c(C)c1CN[C@@H]1CCCC[C@H]1F. The smallest absolute Gasteiger partial charge is 0.115 e. The number of alkyl halides is 1. The van der Waals surface area contributed by atoms with Crippen LogP contribution in [0.5, 0.6) is 0 Å². The Morgan fingerprint density at radius 3 is 2.75 bits per heavy atom. The minimum atomic E-state index is -0.679. The zero-order chi connectivity index (χ0) is 11.5. The van der Waals surface area contributed by atoms with Crippen molar-refractivity contribution in [2.24, 2.45) is 0 Å². The van der Waals surface area contributed by atoms with Crippen LogP contribution >= 0.6 is 0 Å². The molecule has 1 aromatic rings. The summed E-state index contributed by atoms with van der Waals surface area (Å²) in [6.45, 7) is 4.71. The molecule has 0 bridgehead atoms. The molecule has 3 nitrogen and oxygen atoms in total. The van der Waals surface area contributed by atoms with Crippen LogP contribution in [0.25, 0.3) is 0 Å². The van der Waals surface area contributed by atoms with Gasteiger partial charge in [-0.1, -0.05) is 12.8 Å². The first-order valence-corrected chi connectivity index (χ1v) is 6.06. The van der Waals surface area contributed by atoms with Gasteiger partial charge in [-0.2, -0.15) is 5.10 Å². The normalized spacial score (nSPS) is 25.9. The molecule has 1 fully saturated rings. The predicted octanol–water partition coefficient (Wildman–Crippen LogP) is 2.40. The van der Waals surface area contributed by atoms with Gasteiger partial charge in [0.15, 0.2) is 0 Å². The summed E-state index contributed by atoms with van der Waals surface area (Å²) in [6, 6.07) is 0.0300. The van der Waals surface area contributed by atoms with Crippen molar-refractivity contribution >= 4 is 0 Å². The highest BCUT2D eigenvalue weighted by Gasteiger charge is 2.24. The first kappa shape index (κ1) is 11.6. The van der Waals surface area contributed by atoms with Crippen LogP contribution < -0.4 is 5.32 Å². The molecule has 2 rings (SSSR count). The quantitative estimate of drug-likeness (QED) is 0.829. The lowest BCUT2D eigenvalue weighted by Gasteiger charge is -2.26. The summed E-state index contributed by atoms with van der Waals surface area (Å²) in [4.78, 5) is 0. The number of aryl methyl sites for hydroxylation is 2. The van der Waals surface area contributed by atoms with E-state index in [0.29, 0.717) is 6.42 Å². The van der Waals surface area contributed by atoms with E-state index >= 15 is 0 Å². The Hall–Kier alpha value is -0.900. The van der Waals surface area contributed by atoms with E-state index in [1.54, 1.807) is 0 Å². The van der Waals surface area contributed by atoms with Gasteiger partial charge in [0.05, 0.1) is 5.69 Å². The van der Waals surface area contributed by atoms with Crippen LogP contribution in [-0.4, -0.2) is 22.4 Å². The summed E-state index contributed by atoms with van der Waals surface area (Å²) >= 11 is 0. The number of hydrogen-bond donors (Lipinski definition) is 2. The molecule has 0 spiro atoms. The van der Waals surface area contributed by atoms with Gasteiger partial charge < -0.3 is 5.32 Å². The van der Waals surface area contributed by atoms with Crippen molar-refractivity contribution < 1.29 is 4.39 Å². The Labute approximate surface area is 95.8 Å². The monoisotopic (exact) mass is 225 g/mol. The van der Waals surface area contributed by atoms with Crippen LogP contribution in [-0.2, 0) is 6.54 Å². The first-order valence-electron chi connectivity index (χ1n) is 6.06. The molecule has 1 aromatic heterocycles. The van der Waals surface area contributed by atoms with Gasteiger partial charge in [0, 0.05) is 23.8 Å². The molecule has 1 heterocycles. The molecule has 90 valence electrons. The van der Waals surface area contributed by atoms with Crippen molar-refractivity contribution in [2.45, 2.75) is 58.3 Å². The largest absolute Gasteiger partial charge is 0.307 e. The molecule has 0 radical (unpaired) electrons. The van der Waals surface area contributed by atoms with E-state index in [1.165, 1.54) is 5.56 Å². The second-order valence-electron chi connectivity index (χ2n) is 4.70. The van der Waals surface area contributed by atoms with Crippen molar-refractivity contribution in [2.75, 3.05) is 0 Å². The molecule has 16 heavy (non-hydrogen) atoms. The summed E-state index contributed by atoms with van der Waals surface area (Å²) in [6.07, 6.45) is 3.16. The maximum atomic E-state index is 13.6. The van der Waals surface area contributed by atoms with E-state index < -0.39 is 6.17 Å². The molecule has 2 atom stereocenters. The molecule has 4 heteroatoms. The number of rotatable bonds is 3. The Balaban J connectivity index is 1.91. The van der Waals surface area contributed by atoms with Crippen molar-refractivity contribution in [1.82, 2.24) is 15.5 Å². The molecule has 0 unspecified atom stereocenters. The minimum absolute atomic E-state index is 0.0300. The lowest BCUT2D eigenvalue weighted by atomic mass is 9.93. The lowest BCUT2D eigenvalue weighted by molar-refractivity contribution is 0.188. The molecule has 1 saturated carbocycles. The summed E-state index contributed by atoms with van der Waals surface area (Å²) < 4.78 is 13.6. The highest BCUT2D eigenvalue weighted by molar-refractivity contribution is 5.22. The first-order chi connectivity index (χ1) is 7.68. The minimum Gasteiger partial charge on any atom is -0.307 e. The Bertz CT molecular complexity index is 329. The molecular formula is C12H20FN3. The van der Waals surface area contributed by atoms with Gasteiger partial charge in [0.1, 0.15) is 6.17 Å². The fourth-order valence-electron chi connectivity index (χ4n) is 2.38. The number of nitrogens with zero attached hydrogens (tertiary/aromatic N) is 1. The van der Waals surface area contributed by atoms with E-state index in [1.807, 2.05) is 13.8 Å². The molecule has 1 aliphatic carbocycles. The topological polar surface area (TPSA) is 40.7 Å². The van der Waals surface area contributed by atoms with Crippen LogP contribution in [0.15, 0.2) is 0 Å². The van der Waals surface area contributed by atoms with Crippen LogP contribution in [0.1, 0.15) is 42.6 Å². The second-order valence-corrected chi connectivity index (χ2v) is 4.70. The highest BCUT2D eigenvalue weighted by Crippen LogP contribution is 2.21. The van der Waals surface area contributed by atoms with Crippen molar-refractivity contribution in [3.63, 3.8) is 0 Å². The van der Waals surface area contributed by atoms with Crippen LogP contribution in [0.4, 0.5) is 4.39 Å². The predicted molar refractivity (Wildman–Crippen MR) is 62.1 cm³/mol. The van der Waals surface area contributed by atoms with Gasteiger partial charge in [-0.15, -0.1) is 0 Å². The van der Waals surface area contributed by atoms with Gasteiger partial charge in [-0.05, 0) is 26.7 Å². The lowest BCUT2D eigenvalue weighted by Crippen LogP contribution is -2.39.